The number of rotatable bonds is 5. The van der Waals surface area contributed by atoms with E-state index < -0.39 is 0 Å². The number of aromatic nitrogens is 4. The molecular weight excluding hydrogens is 170 g/mol. The van der Waals surface area contributed by atoms with E-state index in [0.717, 1.165) is 6.42 Å². The van der Waals surface area contributed by atoms with E-state index in [4.69, 9.17) is 5.11 Å². The third kappa shape index (κ3) is 3.08. The minimum atomic E-state index is 0.115. The molecule has 0 spiro atoms. The first-order chi connectivity index (χ1) is 6.26. The van der Waals surface area contributed by atoms with Crippen LogP contribution in [0.4, 0.5) is 0 Å². The highest BCUT2D eigenvalue weighted by Crippen LogP contribution is 1.91. The monoisotopic (exact) mass is 185 g/mol. The van der Waals surface area contributed by atoms with Crippen LogP contribution in [0.5, 0.6) is 0 Å². The van der Waals surface area contributed by atoms with Gasteiger partial charge in [0.2, 0.25) is 0 Å². The first kappa shape index (κ1) is 10.1. The number of tetrazole rings is 1. The highest BCUT2D eigenvalue weighted by molar-refractivity contribution is 4.77. The van der Waals surface area contributed by atoms with Crippen molar-refractivity contribution in [2.45, 2.75) is 25.9 Å². The van der Waals surface area contributed by atoms with Gasteiger partial charge in [0.05, 0.1) is 20.2 Å². The maximum absolute atomic E-state index is 8.89. The summed E-state index contributed by atoms with van der Waals surface area (Å²) in [7, 11) is 1.72. The van der Waals surface area contributed by atoms with Crippen LogP contribution in [0.2, 0.25) is 0 Å². The van der Waals surface area contributed by atoms with Gasteiger partial charge in [0.1, 0.15) is 0 Å². The molecule has 0 aliphatic heterocycles. The van der Waals surface area contributed by atoms with Crippen molar-refractivity contribution in [2.75, 3.05) is 6.61 Å². The average Bonchev–Trinajstić information content (AvgIpc) is 2.53. The molecule has 74 valence electrons. The van der Waals surface area contributed by atoms with Gasteiger partial charge in [0.15, 0.2) is 5.82 Å². The Bertz CT molecular complexity index is 245. The van der Waals surface area contributed by atoms with Gasteiger partial charge in [0.25, 0.3) is 0 Å². The summed E-state index contributed by atoms with van der Waals surface area (Å²) in [6, 6.07) is 0.115. The van der Waals surface area contributed by atoms with E-state index in [9.17, 15) is 0 Å². The Kier molecular flexibility index (Phi) is 3.78. The molecule has 0 aliphatic rings. The van der Waals surface area contributed by atoms with E-state index in [-0.39, 0.29) is 12.6 Å². The van der Waals surface area contributed by atoms with Gasteiger partial charge < -0.3 is 10.4 Å². The summed E-state index contributed by atoms with van der Waals surface area (Å²) in [5.41, 5.74) is 0. The Morgan fingerprint density at radius 2 is 2.38 bits per heavy atom. The lowest BCUT2D eigenvalue weighted by Gasteiger charge is -2.11. The molecular formula is C7H15N5O. The maximum atomic E-state index is 8.89. The van der Waals surface area contributed by atoms with Crippen molar-refractivity contribution in [2.24, 2.45) is 7.05 Å². The lowest BCUT2D eigenvalue weighted by atomic mass is 10.2. The van der Waals surface area contributed by atoms with Crippen LogP contribution >= 0.6 is 0 Å². The van der Waals surface area contributed by atoms with Gasteiger partial charge in [-0.25, -0.2) is 0 Å². The molecule has 0 fully saturated rings. The van der Waals surface area contributed by atoms with Gasteiger partial charge in [-0.1, -0.05) is 6.92 Å². The number of hydrogen-bond acceptors (Lipinski definition) is 5. The number of aliphatic hydroxyl groups is 1. The number of aryl methyl sites for hydroxylation is 1. The predicted octanol–water partition coefficient (Wildman–Crippen LogP) is -0.929. The number of nitrogens with zero attached hydrogens (tertiary/aromatic N) is 4. The zero-order valence-electron chi connectivity index (χ0n) is 7.93. The van der Waals surface area contributed by atoms with E-state index in [0.29, 0.717) is 12.4 Å². The second-order valence-electron chi connectivity index (χ2n) is 2.86. The molecule has 1 unspecified atom stereocenters. The Morgan fingerprint density at radius 1 is 1.62 bits per heavy atom. The van der Waals surface area contributed by atoms with E-state index in [1.165, 1.54) is 4.80 Å². The Hall–Kier alpha value is -1.01. The Labute approximate surface area is 76.9 Å². The minimum Gasteiger partial charge on any atom is -0.395 e. The van der Waals surface area contributed by atoms with Crippen LogP contribution in [-0.4, -0.2) is 38.0 Å². The second kappa shape index (κ2) is 4.88. The van der Waals surface area contributed by atoms with Crippen LogP contribution in [0, 0.1) is 0 Å². The molecule has 0 amide bonds. The fourth-order valence-corrected chi connectivity index (χ4v) is 0.968. The van der Waals surface area contributed by atoms with Crippen LogP contribution in [0.1, 0.15) is 19.2 Å². The van der Waals surface area contributed by atoms with Gasteiger partial charge in [0, 0.05) is 6.04 Å². The molecule has 1 aromatic heterocycles. The highest BCUT2D eigenvalue weighted by Gasteiger charge is 2.05. The normalized spacial score (nSPS) is 13.2. The third-order valence-electron chi connectivity index (χ3n) is 1.81. The number of hydrogen-bond donors (Lipinski definition) is 2. The molecule has 0 bridgehead atoms. The van der Waals surface area contributed by atoms with Gasteiger partial charge in [-0.15, -0.1) is 10.2 Å². The lowest BCUT2D eigenvalue weighted by Crippen LogP contribution is -2.31. The topological polar surface area (TPSA) is 75.9 Å². The second-order valence-corrected chi connectivity index (χ2v) is 2.86. The van der Waals surface area contributed by atoms with Crippen LogP contribution in [0.25, 0.3) is 0 Å². The summed E-state index contributed by atoms with van der Waals surface area (Å²) >= 11 is 0. The fourth-order valence-electron chi connectivity index (χ4n) is 0.968. The largest absolute Gasteiger partial charge is 0.395 e. The molecule has 0 aromatic carbocycles. The average molecular weight is 185 g/mol. The fraction of sp³-hybridized carbons (Fsp3) is 0.857. The van der Waals surface area contributed by atoms with Crippen molar-refractivity contribution in [1.29, 1.82) is 0 Å². The molecule has 0 aliphatic carbocycles. The van der Waals surface area contributed by atoms with Crippen LogP contribution in [0.3, 0.4) is 0 Å². The van der Waals surface area contributed by atoms with Gasteiger partial charge >= 0.3 is 0 Å². The molecule has 1 aromatic rings. The predicted molar refractivity (Wildman–Crippen MR) is 46.8 cm³/mol. The summed E-state index contributed by atoms with van der Waals surface area (Å²) in [4.78, 5) is 1.41. The highest BCUT2D eigenvalue weighted by atomic mass is 16.3. The molecule has 0 saturated heterocycles. The molecule has 1 atom stereocenters. The van der Waals surface area contributed by atoms with E-state index in [1.807, 2.05) is 6.92 Å². The van der Waals surface area contributed by atoms with Crippen molar-refractivity contribution in [1.82, 2.24) is 25.5 Å². The molecule has 1 rings (SSSR count). The summed E-state index contributed by atoms with van der Waals surface area (Å²) in [6.07, 6.45) is 0.886. The van der Waals surface area contributed by atoms with E-state index in [1.54, 1.807) is 7.05 Å². The zero-order chi connectivity index (χ0) is 9.68. The van der Waals surface area contributed by atoms with Crippen molar-refractivity contribution >= 4 is 0 Å². The maximum Gasteiger partial charge on any atom is 0.188 e. The summed E-state index contributed by atoms with van der Waals surface area (Å²) in [5, 5.41) is 23.5. The molecule has 1 heterocycles. The van der Waals surface area contributed by atoms with E-state index >= 15 is 0 Å². The van der Waals surface area contributed by atoms with E-state index in [2.05, 4.69) is 20.7 Å². The standard InChI is InChI=1S/C7H15N5O/c1-3-6(5-13)8-4-7-9-11-12(2)10-7/h6,8,13H,3-5H2,1-2H3. The van der Waals surface area contributed by atoms with Crippen molar-refractivity contribution < 1.29 is 5.11 Å². The minimum absolute atomic E-state index is 0.115. The van der Waals surface area contributed by atoms with Crippen molar-refractivity contribution in [3.05, 3.63) is 5.82 Å². The van der Waals surface area contributed by atoms with Crippen LogP contribution < -0.4 is 5.32 Å². The summed E-state index contributed by atoms with van der Waals surface area (Å²) in [6.45, 7) is 2.70. The molecule has 0 saturated carbocycles. The zero-order valence-corrected chi connectivity index (χ0v) is 7.93. The quantitative estimate of drug-likeness (QED) is 0.620. The van der Waals surface area contributed by atoms with Gasteiger partial charge in [-0.3, -0.25) is 0 Å². The number of aliphatic hydroxyl groups excluding tert-OH is 1. The smallest absolute Gasteiger partial charge is 0.188 e. The summed E-state index contributed by atoms with van der Waals surface area (Å²) < 4.78 is 0. The van der Waals surface area contributed by atoms with Crippen LogP contribution in [0.15, 0.2) is 0 Å². The molecule has 6 heteroatoms. The van der Waals surface area contributed by atoms with Gasteiger partial charge in [-0.2, -0.15) is 4.80 Å². The van der Waals surface area contributed by atoms with Crippen molar-refractivity contribution in [3.63, 3.8) is 0 Å². The van der Waals surface area contributed by atoms with Crippen LogP contribution in [-0.2, 0) is 13.6 Å². The first-order valence-electron chi connectivity index (χ1n) is 4.33. The van der Waals surface area contributed by atoms with Gasteiger partial charge in [-0.05, 0) is 11.6 Å². The molecule has 0 radical (unpaired) electrons. The SMILES string of the molecule is CCC(CO)NCc1nnn(C)n1. The molecule has 6 nitrogen and oxygen atoms in total. The Balaban J connectivity index is 2.33. The molecule has 2 N–H and O–H groups in total. The lowest BCUT2D eigenvalue weighted by molar-refractivity contribution is 0.237. The summed E-state index contributed by atoms with van der Waals surface area (Å²) in [5.74, 6) is 0.648. The first-order valence-corrected chi connectivity index (χ1v) is 4.33. The molecule has 13 heavy (non-hydrogen) atoms. The Morgan fingerprint density at radius 3 is 2.85 bits per heavy atom. The van der Waals surface area contributed by atoms with Crippen molar-refractivity contribution in [3.8, 4) is 0 Å². The number of nitrogens with one attached hydrogen (secondary N) is 1. The third-order valence-corrected chi connectivity index (χ3v) is 1.81.